The predicted molar refractivity (Wildman–Crippen MR) is 129 cm³/mol. The molecule has 3 aromatic rings. The number of nitrogens with zero attached hydrogens (tertiary/aromatic N) is 1. The lowest BCUT2D eigenvalue weighted by molar-refractivity contribution is 0.0890. The van der Waals surface area contributed by atoms with E-state index >= 15 is 4.39 Å². The number of rotatable bonds is 8. The van der Waals surface area contributed by atoms with Crippen LogP contribution in [0.15, 0.2) is 24.4 Å². The Hall–Kier alpha value is -3.74. The van der Waals surface area contributed by atoms with Crippen LogP contribution < -0.4 is 30.9 Å². The number of hydrogen-bond acceptors (Lipinski definition) is 5. The van der Waals surface area contributed by atoms with Crippen molar-refractivity contribution in [2.45, 2.75) is 25.3 Å². The first kappa shape index (κ1) is 26.3. The normalized spacial score (nSPS) is 12.9. The van der Waals surface area contributed by atoms with E-state index in [2.05, 4.69) is 15.6 Å². The number of fused-ring (bicyclic) bond motifs is 1. The molecule has 2 aromatic carbocycles. The molecule has 37 heavy (non-hydrogen) atoms. The first-order valence-corrected chi connectivity index (χ1v) is 11.2. The van der Waals surface area contributed by atoms with Crippen LogP contribution in [-0.2, 0) is 0 Å². The number of methoxy groups -OCH3 is 1. The van der Waals surface area contributed by atoms with E-state index in [-0.39, 0.29) is 45.2 Å². The number of ether oxygens (including phenoxy) is 2. The minimum absolute atomic E-state index is 0.00229. The zero-order valence-corrected chi connectivity index (χ0v) is 19.9. The molecule has 1 aliphatic rings. The van der Waals surface area contributed by atoms with Gasteiger partial charge in [-0.25, -0.2) is 22.4 Å². The molecule has 0 unspecified atom stereocenters. The molecule has 3 amide bonds. The Labute approximate surface area is 214 Å². The van der Waals surface area contributed by atoms with Crippen molar-refractivity contribution in [3.63, 3.8) is 0 Å². The molecule has 14 heteroatoms. The summed E-state index contributed by atoms with van der Waals surface area (Å²) in [7, 11) is 7.40. The summed E-state index contributed by atoms with van der Waals surface area (Å²) in [6, 6.07) is 2.64. The van der Waals surface area contributed by atoms with E-state index in [1.54, 1.807) is 0 Å². The lowest BCUT2D eigenvalue weighted by Crippen LogP contribution is -2.33. The fourth-order valence-electron chi connectivity index (χ4n) is 3.48. The molecule has 0 saturated heterocycles. The van der Waals surface area contributed by atoms with Gasteiger partial charge in [-0.2, -0.15) is 0 Å². The van der Waals surface area contributed by atoms with Gasteiger partial charge in [-0.05, 0) is 18.9 Å². The number of carbonyl (C=O) groups excluding carboxylic acids is 2. The number of halogens is 5. The molecule has 1 aliphatic carbocycles. The molecule has 0 atom stereocenters. The number of urea groups is 1. The maximum atomic E-state index is 15.1. The van der Waals surface area contributed by atoms with Crippen molar-refractivity contribution in [1.29, 1.82) is 0 Å². The van der Waals surface area contributed by atoms with Crippen molar-refractivity contribution in [3.8, 4) is 17.2 Å². The fourth-order valence-corrected chi connectivity index (χ4v) is 3.66. The Balaban J connectivity index is 1.72. The van der Waals surface area contributed by atoms with Gasteiger partial charge < -0.3 is 25.4 Å². The maximum Gasteiger partial charge on any atom is 0.319 e. The van der Waals surface area contributed by atoms with Crippen LogP contribution in [0.5, 0.6) is 17.2 Å². The van der Waals surface area contributed by atoms with Crippen LogP contribution in [0, 0.1) is 11.6 Å². The Morgan fingerprint density at radius 3 is 2.62 bits per heavy atom. The quantitative estimate of drug-likeness (QED) is 0.229. The summed E-state index contributed by atoms with van der Waals surface area (Å²) in [5, 5.41) is 6.26. The maximum absolute atomic E-state index is 15.1. The summed E-state index contributed by atoms with van der Waals surface area (Å²) < 4.78 is 65.8. The van der Waals surface area contributed by atoms with Crippen LogP contribution in [0.2, 0.25) is 5.02 Å². The molecule has 0 bridgehead atoms. The first-order chi connectivity index (χ1) is 17.6. The Morgan fingerprint density at radius 2 is 1.97 bits per heavy atom. The summed E-state index contributed by atoms with van der Waals surface area (Å²) in [6.07, 6.45) is 0.0513. The van der Waals surface area contributed by atoms with Gasteiger partial charge in [-0.1, -0.05) is 17.1 Å². The molecule has 4 rings (SSSR count). The highest BCUT2D eigenvalue weighted by Crippen LogP contribution is 2.39. The second kappa shape index (κ2) is 10.7. The van der Waals surface area contributed by atoms with E-state index in [0.29, 0.717) is 0 Å². The van der Waals surface area contributed by atoms with Crippen molar-refractivity contribution in [2.75, 3.05) is 19.0 Å². The fraction of sp³-hybridized carbons (Fsp3) is 0.261. The number of aromatic nitrogens is 1. The SMILES string of the molecule is [B]c1c(C(=O)NCC(F)F)c(OC)cc2nccc(Oc3c(F)cc(NC(=O)NC4CC4)c(Cl)c3F)c12. The second-order valence-corrected chi connectivity index (χ2v) is 8.39. The highest BCUT2D eigenvalue weighted by molar-refractivity contribution is 6.43. The molecular formula is C23H18BClF4N4O4. The third kappa shape index (κ3) is 5.66. The second-order valence-electron chi connectivity index (χ2n) is 8.01. The number of carbonyl (C=O) groups is 2. The number of amides is 3. The number of benzene rings is 2. The van der Waals surface area contributed by atoms with Crippen LogP contribution in [0.4, 0.5) is 28.0 Å². The van der Waals surface area contributed by atoms with Crippen LogP contribution in [0.1, 0.15) is 23.2 Å². The number of nitrogens with one attached hydrogen (secondary N) is 3. The summed E-state index contributed by atoms with van der Waals surface area (Å²) in [5.41, 5.74) is -0.775. The topological polar surface area (TPSA) is 102 Å². The van der Waals surface area contributed by atoms with Crippen LogP contribution in [0.25, 0.3) is 10.9 Å². The molecule has 1 aromatic heterocycles. The lowest BCUT2D eigenvalue weighted by Gasteiger charge is -2.18. The first-order valence-electron chi connectivity index (χ1n) is 10.8. The van der Waals surface area contributed by atoms with Crippen LogP contribution in [0.3, 0.4) is 0 Å². The van der Waals surface area contributed by atoms with E-state index in [1.165, 1.54) is 25.4 Å². The summed E-state index contributed by atoms with van der Waals surface area (Å²) in [4.78, 5) is 28.6. The van der Waals surface area contributed by atoms with Crippen LogP contribution >= 0.6 is 11.6 Å². The molecule has 0 aliphatic heterocycles. The Bertz CT molecular complexity index is 1390. The van der Waals surface area contributed by atoms with Gasteiger partial charge in [0.05, 0.1) is 30.4 Å². The summed E-state index contributed by atoms with van der Waals surface area (Å²) >= 11 is 6.02. The third-order valence-electron chi connectivity index (χ3n) is 5.35. The number of alkyl halides is 2. The molecule has 3 N–H and O–H groups in total. The highest BCUT2D eigenvalue weighted by Gasteiger charge is 2.26. The highest BCUT2D eigenvalue weighted by atomic mass is 35.5. The van der Waals surface area contributed by atoms with E-state index in [9.17, 15) is 22.8 Å². The van der Waals surface area contributed by atoms with Crippen molar-refractivity contribution in [1.82, 2.24) is 15.6 Å². The van der Waals surface area contributed by atoms with Crippen LogP contribution in [-0.4, -0.2) is 50.9 Å². The summed E-state index contributed by atoms with van der Waals surface area (Å²) in [6.45, 7) is -0.941. The lowest BCUT2D eigenvalue weighted by atomic mass is 9.85. The van der Waals surface area contributed by atoms with Crippen molar-refractivity contribution in [2.24, 2.45) is 0 Å². The van der Waals surface area contributed by atoms with Gasteiger partial charge in [-0.3, -0.25) is 9.78 Å². The number of hydrogen-bond donors (Lipinski definition) is 3. The van der Waals surface area contributed by atoms with Gasteiger partial charge in [0, 0.05) is 29.8 Å². The predicted octanol–water partition coefficient (Wildman–Crippen LogP) is 4.04. The Kier molecular flexibility index (Phi) is 7.62. The van der Waals surface area contributed by atoms with E-state index in [1.807, 2.05) is 5.32 Å². The molecule has 1 heterocycles. The van der Waals surface area contributed by atoms with Gasteiger partial charge in [0.25, 0.3) is 12.3 Å². The van der Waals surface area contributed by atoms with Crippen molar-refractivity contribution >= 4 is 53.4 Å². The molecule has 0 spiro atoms. The van der Waals surface area contributed by atoms with E-state index < -0.39 is 47.3 Å². The van der Waals surface area contributed by atoms with Crippen molar-refractivity contribution in [3.05, 3.63) is 46.6 Å². The molecule has 1 saturated carbocycles. The smallest absolute Gasteiger partial charge is 0.319 e. The van der Waals surface area contributed by atoms with Gasteiger partial charge in [0.1, 0.15) is 24.4 Å². The zero-order chi connectivity index (χ0) is 26.9. The van der Waals surface area contributed by atoms with E-state index in [4.69, 9.17) is 28.9 Å². The molecule has 8 nitrogen and oxygen atoms in total. The Morgan fingerprint density at radius 1 is 1.24 bits per heavy atom. The molecule has 1 fully saturated rings. The molecule has 2 radical (unpaired) electrons. The van der Waals surface area contributed by atoms with Crippen molar-refractivity contribution < 1.29 is 36.6 Å². The average Bonchev–Trinajstić information content (AvgIpc) is 3.67. The van der Waals surface area contributed by atoms with Gasteiger partial charge in [0.15, 0.2) is 17.4 Å². The monoisotopic (exact) mass is 536 g/mol. The number of pyridine rings is 1. The van der Waals surface area contributed by atoms with Gasteiger partial charge >= 0.3 is 6.03 Å². The number of anilines is 1. The summed E-state index contributed by atoms with van der Waals surface area (Å²) in [5.74, 6) is -4.67. The van der Waals surface area contributed by atoms with Gasteiger partial charge in [0.2, 0.25) is 0 Å². The third-order valence-corrected chi connectivity index (χ3v) is 5.72. The van der Waals surface area contributed by atoms with E-state index in [0.717, 1.165) is 18.9 Å². The standard InChI is InChI=1S/C23H18BClF4N4O4/c1-36-14-7-11-16(18(24)17(14)22(34)31-8-15(27)28)13(4-5-30-11)37-21-10(26)6-12(19(25)20(21)29)33-23(35)32-9-2-3-9/h4-7,9,15H,2-3,8H2,1H3,(H,31,34)(H2,32,33,35). The largest absolute Gasteiger partial charge is 0.496 e. The average molecular weight is 537 g/mol. The minimum atomic E-state index is -2.81. The minimum Gasteiger partial charge on any atom is -0.496 e. The molecular weight excluding hydrogens is 519 g/mol. The molecule has 192 valence electrons. The zero-order valence-electron chi connectivity index (χ0n) is 19.1. The van der Waals surface area contributed by atoms with Gasteiger partial charge in [-0.15, -0.1) is 0 Å².